The van der Waals surface area contributed by atoms with Crippen LogP contribution in [0.2, 0.25) is 0 Å². The smallest absolute Gasteiger partial charge is 0.305 e. The Hall–Kier alpha value is -0.250. The molecule has 0 spiro atoms. The van der Waals surface area contributed by atoms with Gasteiger partial charge < -0.3 is 4.74 Å². The van der Waals surface area contributed by atoms with Crippen molar-refractivity contribution < 1.29 is 9.53 Å². The van der Waals surface area contributed by atoms with Gasteiger partial charge in [0, 0.05) is 6.42 Å². The minimum absolute atomic E-state index is 0.254. The van der Waals surface area contributed by atoms with Gasteiger partial charge in [0.05, 0.1) is 12.7 Å². The number of esters is 1. The maximum absolute atomic E-state index is 11.2. The summed E-state index contributed by atoms with van der Waals surface area (Å²) in [5, 5.41) is 9.15. The molecule has 3 nitrogen and oxygen atoms in total. The molecule has 0 fully saturated rings. The van der Waals surface area contributed by atoms with E-state index >= 15 is 0 Å². The van der Waals surface area contributed by atoms with Gasteiger partial charge in [-0.1, -0.05) is 30.9 Å². The Morgan fingerprint density at radius 2 is 2.18 bits per heavy atom. The summed E-state index contributed by atoms with van der Waals surface area (Å²) in [5.74, 6) is 0.634. The van der Waals surface area contributed by atoms with E-state index in [2.05, 4.69) is 6.07 Å². The maximum atomic E-state index is 11.2. The fourth-order valence-electron chi connectivity index (χ4n) is 1.03. The first-order valence-corrected chi connectivity index (χ1v) is 7.61. The van der Waals surface area contributed by atoms with Gasteiger partial charge >= 0.3 is 5.97 Å². The third-order valence-corrected chi connectivity index (χ3v) is 4.56. The molecule has 0 aromatic carbocycles. The van der Waals surface area contributed by atoms with Crippen molar-refractivity contribution in [1.82, 2.24) is 0 Å². The topological polar surface area (TPSA) is 50.1 Å². The Morgan fingerprint density at radius 3 is 2.65 bits per heavy atom. The molecule has 0 aliphatic heterocycles. The van der Waals surface area contributed by atoms with E-state index in [0.29, 0.717) is 13.0 Å². The summed E-state index contributed by atoms with van der Waals surface area (Å²) in [4.78, 5) is 11.2. The molecule has 0 amide bonds. The summed E-state index contributed by atoms with van der Waals surface area (Å²) >= 11 is 8.06. The second-order valence-corrected chi connectivity index (χ2v) is 7.40. The lowest BCUT2D eigenvalue weighted by atomic mass is 10.1. The third kappa shape index (κ3) is 7.63. The number of carbonyl (C=O) groups is 1. The fourth-order valence-corrected chi connectivity index (χ4v) is 3.93. The van der Waals surface area contributed by atoms with Crippen LogP contribution in [-0.2, 0) is 9.53 Å². The Balaban J connectivity index is 4.24. The van der Waals surface area contributed by atoms with Gasteiger partial charge in [-0.2, -0.15) is 5.26 Å². The Kier molecular flexibility index (Phi) is 8.66. The van der Waals surface area contributed by atoms with E-state index in [0.717, 1.165) is 9.28 Å². The van der Waals surface area contributed by atoms with E-state index in [1.807, 2.05) is 6.92 Å². The first-order valence-electron chi connectivity index (χ1n) is 5.40. The Morgan fingerprint density at radius 1 is 1.53 bits per heavy atom. The van der Waals surface area contributed by atoms with Gasteiger partial charge in [0.25, 0.3) is 0 Å². The van der Waals surface area contributed by atoms with E-state index < -0.39 is 4.75 Å². The van der Waals surface area contributed by atoms with E-state index in [-0.39, 0.29) is 12.4 Å². The van der Waals surface area contributed by atoms with Crippen LogP contribution in [0.5, 0.6) is 0 Å². The molecule has 0 aromatic heterocycles. The lowest BCUT2D eigenvalue weighted by Gasteiger charge is -2.20. The number of thioether (sulfide) groups is 2. The normalized spacial score (nSPS) is 13.5. The lowest BCUT2D eigenvalue weighted by Crippen LogP contribution is -2.21. The van der Waals surface area contributed by atoms with Crippen LogP contribution in [0.4, 0.5) is 0 Å². The first kappa shape index (κ1) is 16.8. The Labute approximate surface area is 117 Å². The van der Waals surface area contributed by atoms with Crippen molar-refractivity contribution in [3.05, 3.63) is 0 Å². The molecule has 96 valence electrons. The van der Waals surface area contributed by atoms with Gasteiger partial charge in [0.2, 0.25) is 0 Å². The molecule has 0 saturated carbocycles. The molecule has 0 bridgehead atoms. The largest absolute Gasteiger partial charge is 0.466 e. The summed E-state index contributed by atoms with van der Waals surface area (Å²) < 4.78 is 4.94. The number of carbonyl (C=O) groups excluding carboxylic acids is 1. The molecule has 1 unspecified atom stereocenters. The molecule has 0 heterocycles. The van der Waals surface area contributed by atoms with Crippen LogP contribution < -0.4 is 0 Å². The van der Waals surface area contributed by atoms with Crippen LogP contribution in [0.1, 0.15) is 33.6 Å². The zero-order chi connectivity index (χ0) is 13.3. The monoisotopic (exact) mass is 291 g/mol. The fraction of sp³-hybridized carbons (Fsp3) is 0.727. The van der Waals surface area contributed by atoms with Gasteiger partial charge in [-0.15, -0.1) is 11.8 Å². The van der Waals surface area contributed by atoms with Crippen LogP contribution in [0, 0.1) is 11.3 Å². The quantitative estimate of drug-likeness (QED) is 0.552. The van der Waals surface area contributed by atoms with Crippen molar-refractivity contribution in [1.29, 1.82) is 5.26 Å². The predicted octanol–water partition coefficient (Wildman–Crippen LogP) is 3.38. The number of hydrogen-bond acceptors (Lipinski definition) is 6. The summed E-state index contributed by atoms with van der Waals surface area (Å²) in [7, 11) is 0. The van der Waals surface area contributed by atoms with E-state index in [4.69, 9.17) is 22.2 Å². The van der Waals surface area contributed by atoms with E-state index in [1.165, 1.54) is 11.8 Å². The summed E-state index contributed by atoms with van der Waals surface area (Å²) in [6.45, 7) is 5.96. The highest BCUT2D eigenvalue weighted by Gasteiger charge is 2.27. The number of ether oxygens (including phenoxy) is 1. The second-order valence-electron chi connectivity index (χ2n) is 3.43. The zero-order valence-electron chi connectivity index (χ0n) is 10.3. The number of thiocarbonyl (C=S) groups is 1. The second kappa shape index (κ2) is 8.78. The van der Waals surface area contributed by atoms with Crippen molar-refractivity contribution >= 4 is 45.2 Å². The predicted molar refractivity (Wildman–Crippen MR) is 78.2 cm³/mol. The zero-order valence-corrected chi connectivity index (χ0v) is 12.8. The van der Waals surface area contributed by atoms with Gasteiger partial charge in [-0.05, 0) is 26.0 Å². The molecular formula is C11H17NO2S3. The Bertz CT molecular complexity index is 314. The minimum Gasteiger partial charge on any atom is -0.466 e. The number of nitriles is 1. The number of rotatable bonds is 6. The van der Waals surface area contributed by atoms with Crippen LogP contribution in [-0.4, -0.2) is 26.6 Å². The minimum atomic E-state index is -0.647. The van der Waals surface area contributed by atoms with Gasteiger partial charge in [-0.3, -0.25) is 4.79 Å². The molecule has 0 radical (unpaired) electrons. The molecule has 0 saturated heterocycles. The van der Waals surface area contributed by atoms with E-state index in [1.54, 1.807) is 25.6 Å². The highest BCUT2D eigenvalue weighted by Crippen LogP contribution is 2.34. The molecular weight excluding hydrogens is 274 g/mol. The standard InChI is InChI=1S/C11H17NO2S3/c1-4-14-9(13)6-7-11(3,8-12)17-10(15)16-5-2/h4-7H2,1-3H3. The highest BCUT2D eigenvalue weighted by molar-refractivity contribution is 8.47. The van der Waals surface area contributed by atoms with Crippen LogP contribution >= 0.6 is 35.7 Å². The molecule has 0 rings (SSSR count). The number of hydrogen-bond donors (Lipinski definition) is 0. The molecule has 0 aliphatic carbocycles. The SMILES string of the molecule is CCOC(=O)CCC(C)(C#N)SC(=S)SCC. The molecule has 0 N–H and O–H groups in total. The van der Waals surface area contributed by atoms with Crippen molar-refractivity contribution in [2.75, 3.05) is 12.4 Å². The van der Waals surface area contributed by atoms with Gasteiger partial charge in [-0.25, -0.2) is 0 Å². The summed E-state index contributed by atoms with van der Waals surface area (Å²) in [6.07, 6.45) is 0.710. The van der Waals surface area contributed by atoms with Crippen LogP contribution in [0.25, 0.3) is 0 Å². The van der Waals surface area contributed by atoms with Crippen molar-refractivity contribution in [3.8, 4) is 6.07 Å². The first-order chi connectivity index (χ1) is 7.97. The average molecular weight is 291 g/mol. The molecule has 0 aromatic rings. The lowest BCUT2D eigenvalue weighted by molar-refractivity contribution is -0.143. The molecule has 6 heteroatoms. The number of nitrogens with zero attached hydrogens (tertiary/aromatic N) is 1. The van der Waals surface area contributed by atoms with Crippen molar-refractivity contribution in [2.24, 2.45) is 0 Å². The van der Waals surface area contributed by atoms with Crippen molar-refractivity contribution in [2.45, 2.75) is 38.4 Å². The van der Waals surface area contributed by atoms with Gasteiger partial charge in [0.1, 0.15) is 8.28 Å². The van der Waals surface area contributed by atoms with E-state index in [9.17, 15) is 4.79 Å². The maximum Gasteiger partial charge on any atom is 0.305 e. The third-order valence-electron chi connectivity index (χ3n) is 1.92. The average Bonchev–Trinajstić information content (AvgIpc) is 2.27. The summed E-state index contributed by atoms with van der Waals surface area (Å²) in [6, 6.07) is 2.22. The highest BCUT2D eigenvalue weighted by atomic mass is 32.2. The van der Waals surface area contributed by atoms with Gasteiger partial charge in [0.15, 0.2) is 0 Å². The molecule has 17 heavy (non-hydrogen) atoms. The molecule has 1 atom stereocenters. The molecule has 0 aliphatic rings. The van der Waals surface area contributed by atoms with Crippen molar-refractivity contribution in [3.63, 3.8) is 0 Å². The van der Waals surface area contributed by atoms with Crippen LogP contribution in [0.3, 0.4) is 0 Å². The summed E-state index contributed by atoms with van der Waals surface area (Å²) in [5.41, 5.74) is 0. The van der Waals surface area contributed by atoms with Crippen LogP contribution in [0.15, 0.2) is 0 Å².